The highest BCUT2D eigenvalue weighted by atomic mass is 16.7. The van der Waals surface area contributed by atoms with E-state index in [0.29, 0.717) is 17.5 Å². The van der Waals surface area contributed by atoms with E-state index in [0.717, 1.165) is 5.52 Å². The van der Waals surface area contributed by atoms with Crippen LogP contribution in [0.3, 0.4) is 0 Å². The monoisotopic (exact) mass is 344 g/mol. The Hall–Kier alpha value is -3.16. The van der Waals surface area contributed by atoms with E-state index in [9.17, 15) is 19.7 Å². The summed E-state index contributed by atoms with van der Waals surface area (Å²) in [7, 11) is 0. The molecule has 0 aliphatic carbocycles. The largest absolute Gasteiger partial charge is 0.419 e. The molecular formula is C17H16N2O6. The molecule has 0 atom stereocenters. The minimum absolute atomic E-state index is 0.0732. The fraction of sp³-hybridized carbons (Fsp3) is 0.294. The van der Waals surface area contributed by atoms with Crippen LogP contribution in [-0.2, 0) is 25.6 Å². The van der Waals surface area contributed by atoms with Gasteiger partial charge < -0.3 is 14.0 Å². The van der Waals surface area contributed by atoms with Gasteiger partial charge in [0.1, 0.15) is 5.57 Å². The Balaban J connectivity index is 2.15. The highest BCUT2D eigenvalue weighted by Crippen LogP contribution is 2.30. The lowest BCUT2D eigenvalue weighted by Gasteiger charge is -2.29. The van der Waals surface area contributed by atoms with Crippen LogP contribution in [0.1, 0.15) is 26.3 Å². The lowest BCUT2D eigenvalue weighted by atomic mass is 10.1. The Kier molecular flexibility index (Phi) is 3.82. The van der Waals surface area contributed by atoms with Gasteiger partial charge in [-0.25, -0.2) is 9.59 Å². The molecule has 0 radical (unpaired) electrons. The molecule has 0 spiro atoms. The van der Waals surface area contributed by atoms with Crippen molar-refractivity contribution in [2.75, 3.05) is 0 Å². The number of aryl methyl sites for hydroxylation is 1. The van der Waals surface area contributed by atoms with Gasteiger partial charge in [-0.1, -0.05) is 0 Å². The lowest BCUT2D eigenvalue weighted by molar-refractivity contribution is -0.384. The number of hydrogen-bond acceptors (Lipinski definition) is 6. The fourth-order valence-electron chi connectivity index (χ4n) is 2.74. The Morgan fingerprint density at radius 1 is 1.24 bits per heavy atom. The van der Waals surface area contributed by atoms with Crippen LogP contribution in [0.15, 0.2) is 30.0 Å². The van der Waals surface area contributed by atoms with E-state index in [-0.39, 0.29) is 11.3 Å². The minimum atomic E-state index is -1.32. The minimum Gasteiger partial charge on any atom is -0.419 e. The summed E-state index contributed by atoms with van der Waals surface area (Å²) in [6.45, 7) is 5.47. The second kappa shape index (κ2) is 5.73. The summed E-state index contributed by atoms with van der Waals surface area (Å²) >= 11 is 0. The molecule has 1 aromatic carbocycles. The molecule has 25 heavy (non-hydrogen) atoms. The van der Waals surface area contributed by atoms with Crippen molar-refractivity contribution in [1.82, 2.24) is 4.57 Å². The first-order chi connectivity index (χ1) is 11.7. The van der Waals surface area contributed by atoms with Crippen molar-refractivity contribution >= 4 is 34.6 Å². The van der Waals surface area contributed by atoms with Gasteiger partial charge in [-0.15, -0.1) is 0 Å². The number of nitro groups is 1. The number of esters is 2. The number of aromatic nitrogens is 1. The summed E-state index contributed by atoms with van der Waals surface area (Å²) in [5.41, 5.74) is 0.943. The smallest absolute Gasteiger partial charge is 0.348 e. The lowest BCUT2D eigenvalue weighted by Crippen LogP contribution is -2.41. The van der Waals surface area contributed by atoms with Gasteiger partial charge in [0.25, 0.3) is 11.5 Å². The molecule has 1 aliphatic rings. The van der Waals surface area contributed by atoms with E-state index in [1.54, 1.807) is 12.3 Å². The van der Waals surface area contributed by atoms with Crippen molar-refractivity contribution < 1.29 is 24.0 Å². The van der Waals surface area contributed by atoms with Crippen molar-refractivity contribution in [3.05, 3.63) is 45.6 Å². The van der Waals surface area contributed by atoms with Gasteiger partial charge in [0.15, 0.2) is 0 Å². The molecule has 0 amide bonds. The number of cyclic esters (lactones) is 2. The average molecular weight is 344 g/mol. The van der Waals surface area contributed by atoms with Crippen LogP contribution in [0, 0.1) is 10.1 Å². The summed E-state index contributed by atoms with van der Waals surface area (Å²) in [6, 6.07) is 4.47. The topological polar surface area (TPSA) is 101 Å². The molecule has 8 nitrogen and oxygen atoms in total. The normalized spacial score (nSPS) is 16.5. The average Bonchev–Trinajstić information content (AvgIpc) is 2.87. The number of rotatable bonds is 3. The number of carbonyl (C=O) groups is 2. The Labute approximate surface area is 142 Å². The number of fused-ring (bicyclic) bond motifs is 1. The van der Waals surface area contributed by atoms with E-state index in [2.05, 4.69) is 0 Å². The van der Waals surface area contributed by atoms with Crippen LogP contribution in [0.25, 0.3) is 17.0 Å². The number of hydrogen-bond donors (Lipinski definition) is 0. The number of non-ortho nitro benzene ring substituents is 1. The molecule has 130 valence electrons. The van der Waals surface area contributed by atoms with Crippen LogP contribution >= 0.6 is 0 Å². The fourth-order valence-corrected chi connectivity index (χ4v) is 2.74. The van der Waals surface area contributed by atoms with E-state index in [1.807, 2.05) is 11.5 Å². The van der Waals surface area contributed by atoms with Gasteiger partial charge in [-0.2, -0.15) is 0 Å². The van der Waals surface area contributed by atoms with E-state index < -0.39 is 22.6 Å². The summed E-state index contributed by atoms with van der Waals surface area (Å²) in [5.74, 6) is -2.89. The predicted octanol–water partition coefficient (Wildman–Crippen LogP) is 2.79. The van der Waals surface area contributed by atoms with Crippen LogP contribution < -0.4 is 0 Å². The van der Waals surface area contributed by atoms with Gasteiger partial charge in [0.2, 0.25) is 0 Å². The first kappa shape index (κ1) is 16.7. The van der Waals surface area contributed by atoms with Gasteiger partial charge in [-0.05, 0) is 19.1 Å². The second-order valence-electron chi connectivity index (χ2n) is 6.07. The molecule has 1 aliphatic heterocycles. The van der Waals surface area contributed by atoms with E-state index >= 15 is 0 Å². The number of ether oxygens (including phenoxy) is 2. The maximum atomic E-state index is 12.1. The van der Waals surface area contributed by atoms with Gasteiger partial charge in [0.05, 0.1) is 4.92 Å². The quantitative estimate of drug-likeness (QED) is 0.279. The third-order valence-electron chi connectivity index (χ3n) is 3.86. The number of carbonyl (C=O) groups excluding carboxylic acids is 2. The molecule has 1 fully saturated rings. The highest BCUT2D eigenvalue weighted by Gasteiger charge is 2.39. The maximum Gasteiger partial charge on any atom is 0.348 e. The molecule has 0 N–H and O–H groups in total. The maximum absolute atomic E-state index is 12.1. The molecule has 0 saturated carbocycles. The number of benzene rings is 1. The standard InChI is InChI=1S/C17H16N2O6/c1-4-18-9-10(12-8-11(19(22)23)5-6-14(12)18)7-13-15(20)24-17(2,3)25-16(13)21/h5-9H,4H2,1-3H3. The molecule has 1 saturated heterocycles. The van der Waals surface area contributed by atoms with E-state index in [1.165, 1.54) is 32.1 Å². The Bertz CT molecular complexity index is 916. The Morgan fingerprint density at radius 2 is 1.88 bits per heavy atom. The predicted molar refractivity (Wildman–Crippen MR) is 88.5 cm³/mol. The third-order valence-corrected chi connectivity index (χ3v) is 3.86. The highest BCUT2D eigenvalue weighted by molar-refractivity contribution is 6.19. The summed E-state index contributed by atoms with van der Waals surface area (Å²) < 4.78 is 12.0. The second-order valence-corrected chi connectivity index (χ2v) is 6.07. The van der Waals surface area contributed by atoms with Crippen LogP contribution in [-0.4, -0.2) is 27.2 Å². The summed E-state index contributed by atoms with van der Waals surface area (Å²) in [4.78, 5) is 34.8. The SMILES string of the molecule is CCn1cc(C=C2C(=O)OC(C)(C)OC2=O)c2cc([N+](=O)[O-])ccc21. The first-order valence-electron chi connectivity index (χ1n) is 7.67. The molecule has 1 aromatic heterocycles. The zero-order chi connectivity index (χ0) is 18.4. The molecular weight excluding hydrogens is 328 g/mol. The van der Waals surface area contributed by atoms with E-state index in [4.69, 9.17) is 9.47 Å². The molecule has 0 unspecified atom stereocenters. The zero-order valence-corrected chi connectivity index (χ0v) is 13.9. The summed E-state index contributed by atoms with van der Waals surface area (Å²) in [6.07, 6.45) is 3.07. The molecule has 3 rings (SSSR count). The number of nitro benzene ring substituents is 1. The molecule has 2 aromatic rings. The third kappa shape index (κ3) is 2.98. The van der Waals surface area contributed by atoms with Crippen molar-refractivity contribution in [3.8, 4) is 0 Å². The van der Waals surface area contributed by atoms with Gasteiger partial charge in [-0.3, -0.25) is 10.1 Å². The van der Waals surface area contributed by atoms with Gasteiger partial charge >= 0.3 is 11.9 Å². The molecule has 0 bridgehead atoms. The van der Waals surface area contributed by atoms with Crippen molar-refractivity contribution in [1.29, 1.82) is 0 Å². The zero-order valence-electron chi connectivity index (χ0n) is 13.9. The summed E-state index contributed by atoms with van der Waals surface area (Å²) in [5, 5.41) is 11.6. The van der Waals surface area contributed by atoms with Crippen molar-refractivity contribution in [2.45, 2.75) is 33.1 Å². The molecule has 8 heteroatoms. The van der Waals surface area contributed by atoms with Crippen molar-refractivity contribution in [2.24, 2.45) is 0 Å². The van der Waals surface area contributed by atoms with Crippen LogP contribution in [0.4, 0.5) is 5.69 Å². The molecule has 2 heterocycles. The van der Waals surface area contributed by atoms with Crippen LogP contribution in [0.2, 0.25) is 0 Å². The first-order valence-corrected chi connectivity index (χ1v) is 7.67. The number of nitrogens with zero attached hydrogens (tertiary/aromatic N) is 2. The Morgan fingerprint density at radius 3 is 2.44 bits per heavy atom. The van der Waals surface area contributed by atoms with Gasteiger partial charge in [0, 0.05) is 55.2 Å². The van der Waals surface area contributed by atoms with Crippen LogP contribution in [0.5, 0.6) is 0 Å². The van der Waals surface area contributed by atoms with Crippen molar-refractivity contribution in [3.63, 3.8) is 0 Å².